The van der Waals surface area contributed by atoms with Crippen LogP contribution in [-0.4, -0.2) is 76.6 Å². The van der Waals surface area contributed by atoms with Crippen molar-refractivity contribution >= 4 is 50.6 Å². The molecule has 1 spiro atoms. The highest BCUT2D eigenvalue weighted by Gasteiger charge is 2.53. The van der Waals surface area contributed by atoms with Crippen molar-refractivity contribution in [1.29, 1.82) is 10.5 Å². The first kappa shape index (κ1) is 28.4. The van der Waals surface area contributed by atoms with Gasteiger partial charge in [0.15, 0.2) is 11.6 Å². The number of nitrogens with two attached hydrogens (primary N) is 1. The minimum atomic E-state index is -0.867. The molecule has 0 radical (unpaired) electrons. The number of thioether (sulfide) groups is 1. The van der Waals surface area contributed by atoms with E-state index in [9.17, 15) is 14.9 Å². The van der Waals surface area contributed by atoms with Crippen molar-refractivity contribution in [2.75, 3.05) is 55.4 Å². The topological polar surface area (TPSA) is 147 Å². The molecule has 3 aromatic heterocycles. The molecular weight excluding hydrogens is 612 g/mol. The summed E-state index contributed by atoms with van der Waals surface area (Å²) in [6.07, 6.45) is 3.24. The smallest absolute Gasteiger partial charge is 0.320 e. The van der Waals surface area contributed by atoms with E-state index in [0.717, 1.165) is 52.0 Å². The highest BCUT2D eigenvalue weighted by molar-refractivity contribution is 8.00. The van der Waals surface area contributed by atoms with Crippen LogP contribution in [0.5, 0.6) is 6.01 Å². The van der Waals surface area contributed by atoms with Crippen molar-refractivity contribution in [3.63, 3.8) is 0 Å². The van der Waals surface area contributed by atoms with Gasteiger partial charge in [-0.25, -0.2) is 4.39 Å². The third-order valence-corrected chi connectivity index (χ3v) is 12.4. The largest absolute Gasteiger partial charge is 0.461 e. The number of halogens is 1. The van der Waals surface area contributed by atoms with E-state index in [2.05, 4.69) is 32.1 Å². The lowest BCUT2D eigenvalue weighted by molar-refractivity contribution is 0.107. The van der Waals surface area contributed by atoms with Gasteiger partial charge in [0.2, 0.25) is 0 Å². The number of hydrogen-bond donors (Lipinski definition) is 2. The number of fused-ring (bicyclic) bond motifs is 4. The molecule has 4 aromatic rings. The van der Waals surface area contributed by atoms with Gasteiger partial charge in [-0.2, -0.15) is 25.6 Å². The van der Waals surface area contributed by atoms with Crippen LogP contribution in [0.4, 0.5) is 21.0 Å². The fourth-order valence-corrected chi connectivity index (χ4v) is 10.5. The van der Waals surface area contributed by atoms with E-state index < -0.39 is 6.17 Å². The van der Waals surface area contributed by atoms with Crippen LogP contribution >= 0.6 is 23.1 Å². The SMILES string of the molecule is CN(Cc1cccc2cn[nH]c12)c1nc(OC[C@@]23CCCN2C[C@H](F)C3)nc(N2CC3(C2)SCc2sc(N)c(C#N)c23)c1C#N. The number of ether oxygens (including phenoxy) is 1. The molecule has 45 heavy (non-hydrogen) atoms. The van der Waals surface area contributed by atoms with Crippen molar-refractivity contribution in [2.24, 2.45) is 0 Å². The van der Waals surface area contributed by atoms with Gasteiger partial charge in [0.05, 0.1) is 27.6 Å². The summed E-state index contributed by atoms with van der Waals surface area (Å²) < 4.78 is 20.6. The summed E-state index contributed by atoms with van der Waals surface area (Å²) in [6.45, 7) is 3.22. The lowest BCUT2D eigenvalue weighted by atomic mass is 9.88. The summed E-state index contributed by atoms with van der Waals surface area (Å²) in [5.41, 5.74) is 9.75. The fraction of sp³-hybridized carbons (Fsp3) is 0.452. The van der Waals surface area contributed by atoms with E-state index in [1.165, 1.54) is 11.3 Å². The van der Waals surface area contributed by atoms with Gasteiger partial charge in [-0.05, 0) is 24.9 Å². The number of rotatable bonds is 7. The van der Waals surface area contributed by atoms with Crippen LogP contribution in [0.15, 0.2) is 24.4 Å². The molecule has 1 aromatic carbocycles. The van der Waals surface area contributed by atoms with Gasteiger partial charge in [-0.1, -0.05) is 18.2 Å². The number of hydrogen-bond acceptors (Lipinski definition) is 12. The Morgan fingerprint density at radius 1 is 1.24 bits per heavy atom. The lowest BCUT2D eigenvalue weighted by Crippen LogP contribution is -2.57. The summed E-state index contributed by atoms with van der Waals surface area (Å²) in [5, 5.41) is 29.2. The highest BCUT2D eigenvalue weighted by atomic mass is 32.2. The van der Waals surface area contributed by atoms with Gasteiger partial charge in [-0.3, -0.25) is 10.00 Å². The average molecular weight is 643 g/mol. The molecule has 3 N–H and O–H groups in total. The fourth-order valence-electron chi connectivity index (χ4n) is 7.66. The highest BCUT2D eigenvalue weighted by Crippen LogP contribution is 2.58. The number of nitriles is 2. The molecule has 3 saturated heterocycles. The molecule has 2 atom stereocenters. The molecule has 0 unspecified atom stereocenters. The van der Waals surface area contributed by atoms with Gasteiger partial charge >= 0.3 is 6.01 Å². The normalized spacial score (nSPS) is 23.1. The molecule has 4 aliphatic rings. The van der Waals surface area contributed by atoms with E-state index in [0.29, 0.717) is 60.4 Å². The summed E-state index contributed by atoms with van der Waals surface area (Å²) in [6, 6.07) is 10.9. The lowest BCUT2D eigenvalue weighted by Gasteiger charge is -2.48. The number of benzene rings is 1. The molecule has 0 amide bonds. The number of nitrogen functional groups attached to an aromatic ring is 1. The third-order valence-electron chi connectivity index (χ3n) is 9.77. The van der Waals surface area contributed by atoms with Gasteiger partial charge < -0.3 is 20.3 Å². The summed E-state index contributed by atoms with van der Waals surface area (Å²) in [7, 11) is 1.90. The quantitative estimate of drug-likeness (QED) is 0.298. The van der Waals surface area contributed by atoms with E-state index in [4.69, 9.17) is 20.4 Å². The minimum absolute atomic E-state index is 0.173. The van der Waals surface area contributed by atoms with E-state index >= 15 is 0 Å². The molecule has 230 valence electrons. The van der Waals surface area contributed by atoms with E-state index in [1.807, 2.05) is 41.9 Å². The molecule has 11 nitrogen and oxygen atoms in total. The van der Waals surface area contributed by atoms with E-state index in [1.54, 1.807) is 6.20 Å². The molecule has 4 aliphatic heterocycles. The van der Waals surface area contributed by atoms with Gasteiger partial charge in [-0.15, -0.1) is 23.1 Å². The number of alkyl halides is 1. The number of para-hydroxylation sites is 1. The minimum Gasteiger partial charge on any atom is -0.461 e. The maximum atomic E-state index is 14.5. The van der Waals surface area contributed by atoms with Gasteiger partial charge in [0.1, 0.15) is 35.5 Å². The number of nitrogens with one attached hydrogen (secondary N) is 1. The number of aromatic amines is 1. The first-order chi connectivity index (χ1) is 21.8. The zero-order valence-corrected chi connectivity index (χ0v) is 26.3. The second-order valence-electron chi connectivity index (χ2n) is 12.5. The molecule has 0 aliphatic carbocycles. The van der Waals surface area contributed by atoms with Gasteiger partial charge in [0.25, 0.3) is 0 Å². The van der Waals surface area contributed by atoms with Crippen LogP contribution in [0.2, 0.25) is 0 Å². The zero-order valence-electron chi connectivity index (χ0n) is 24.7. The number of H-pyrrole nitrogens is 1. The Morgan fingerprint density at radius 3 is 2.91 bits per heavy atom. The maximum absolute atomic E-state index is 14.5. The Balaban J connectivity index is 1.14. The van der Waals surface area contributed by atoms with Crippen molar-refractivity contribution < 1.29 is 9.13 Å². The van der Waals surface area contributed by atoms with Crippen molar-refractivity contribution in [1.82, 2.24) is 25.1 Å². The van der Waals surface area contributed by atoms with Crippen LogP contribution in [0.25, 0.3) is 10.9 Å². The monoisotopic (exact) mass is 642 g/mol. The Morgan fingerprint density at radius 2 is 2.09 bits per heavy atom. The number of anilines is 3. The second kappa shape index (κ2) is 10.5. The first-order valence-electron chi connectivity index (χ1n) is 15.0. The average Bonchev–Trinajstić information content (AvgIpc) is 3.81. The Kier molecular flexibility index (Phi) is 6.60. The summed E-state index contributed by atoms with van der Waals surface area (Å²) >= 11 is 3.31. The second-order valence-corrected chi connectivity index (χ2v) is 15.0. The number of nitrogens with zero attached hydrogens (tertiary/aromatic N) is 8. The number of thiophene rings is 1. The van der Waals surface area contributed by atoms with Crippen LogP contribution in [0.1, 0.15) is 46.4 Å². The molecule has 14 heteroatoms. The standard InChI is InChI=1S/C31H31FN10OS2/c1-40(12-19-5-2-4-18-11-36-39-25(18)19)27-22(10-34)28(38-29(37-27)43-17-30-6-3-7-42(30)13-20(32)8-30)41-15-31(16-41)24-21(9-33)26(35)45-23(24)14-44-31/h2,4-5,11,20H,3,6-8,12-17,35H2,1H3,(H,36,39)/t20-,30+/m1/s1. The van der Waals surface area contributed by atoms with Crippen molar-refractivity contribution in [3.8, 4) is 18.1 Å². The third kappa shape index (κ3) is 4.42. The number of aromatic nitrogens is 4. The maximum Gasteiger partial charge on any atom is 0.320 e. The molecular formula is C31H31FN10OS2. The van der Waals surface area contributed by atoms with E-state index in [-0.39, 0.29) is 22.9 Å². The van der Waals surface area contributed by atoms with Crippen molar-refractivity contribution in [2.45, 2.75) is 48.0 Å². The van der Waals surface area contributed by atoms with Crippen LogP contribution in [0.3, 0.4) is 0 Å². The molecule has 0 saturated carbocycles. The first-order valence-corrected chi connectivity index (χ1v) is 16.8. The molecule has 3 fully saturated rings. The molecule has 0 bridgehead atoms. The molecule has 7 heterocycles. The predicted molar refractivity (Wildman–Crippen MR) is 172 cm³/mol. The predicted octanol–water partition coefficient (Wildman–Crippen LogP) is 4.29. The Bertz CT molecular complexity index is 1910. The van der Waals surface area contributed by atoms with Crippen LogP contribution in [-0.2, 0) is 17.0 Å². The van der Waals surface area contributed by atoms with Crippen LogP contribution < -0.4 is 20.3 Å². The summed E-state index contributed by atoms with van der Waals surface area (Å²) in [4.78, 5) is 17.0. The van der Waals surface area contributed by atoms with Gasteiger partial charge in [0, 0.05) is 61.2 Å². The Labute approximate surface area is 267 Å². The summed E-state index contributed by atoms with van der Waals surface area (Å²) in [5.74, 6) is 1.77. The Hall–Kier alpha value is -4.11. The molecule has 8 rings (SSSR count). The van der Waals surface area contributed by atoms with Crippen molar-refractivity contribution in [3.05, 3.63) is 51.5 Å². The van der Waals surface area contributed by atoms with Crippen LogP contribution in [0, 0.1) is 22.7 Å². The zero-order chi connectivity index (χ0) is 30.9.